The summed E-state index contributed by atoms with van der Waals surface area (Å²) in [5.41, 5.74) is 2.22. The summed E-state index contributed by atoms with van der Waals surface area (Å²) in [6, 6.07) is 12.0. The molecule has 0 saturated heterocycles. The zero-order valence-corrected chi connectivity index (χ0v) is 21.2. The van der Waals surface area contributed by atoms with Gasteiger partial charge in [0.1, 0.15) is 4.70 Å². The fourth-order valence-electron chi connectivity index (χ4n) is 3.50. The van der Waals surface area contributed by atoms with Gasteiger partial charge in [-0.15, -0.1) is 0 Å². The SMILES string of the molecule is OSCCCN1C(=Cc2sc3ccc(Cl)cc3[n+]2CCCSO)Sc2ccc(Cl)cc21. The largest absolute Gasteiger partial charge is 0.335 e. The number of thiazole rings is 1. The summed E-state index contributed by atoms with van der Waals surface area (Å²) in [5, 5.41) is 3.72. The lowest BCUT2D eigenvalue weighted by atomic mass is 10.2. The molecular weight excluding hydrogens is 511 g/mol. The lowest BCUT2D eigenvalue weighted by Gasteiger charge is -2.20. The molecule has 1 aromatic heterocycles. The van der Waals surface area contributed by atoms with Crippen LogP contribution in [-0.2, 0) is 6.54 Å². The van der Waals surface area contributed by atoms with Crippen LogP contribution in [0.15, 0.2) is 46.3 Å². The Morgan fingerprint density at radius 1 is 1.00 bits per heavy atom. The van der Waals surface area contributed by atoms with Crippen molar-refractivity contribution >= 4 is 92.4 Å². The maximum Gasteiger partial charge on any atom is 0.265 e. The van der Waals surface area contributed by atoms with Crippen LogP contribution in [0.4, 0.5) is 5.69 Å². The molecule has 0 amide bonds. The highest BCUT2D eigenvalue weighted by molar-refractivity contribution is 8.04. The minimum Gasteiger partial charge on any atom is -0.335 e. The van der Waals surface area contributed by atoms with E-state index in [4.69, 9.17) is 32.3 Å². The molecule has 0 unspecified atom stereocenters. The Hall–Kier alpha value is -0.580. The molecule has 10 heteroatoms. The lowest BCUT2D eigenvalue weighted by Crippen LogP contribution is -2.35. The van der Waals surface area contributed by atoms with Crippen molar-refractivity contribution in [3.8, 4) is 0 Å². The average molecular weight is 533 g/mol. The predicted octanol–water partition coefficient (Wildman–Crippen LogP) is 7.60. The van der Waals surface area contributed by atoms with Crippen LogP contribution >= 0.6 is 70.4 Å². The van der Waals surface area contributed by atoms with Crippen LogP contribution in [0.3, 0.4) is 0 Å². The molecule has 31 heavy (non-hydrogen) atoms. The molecule has 2 N–H and O–H groups in total. The van der Waals surface area contributed by atoms with Crippen LogP contribution < -0.4 is 9.47 Å². The monoisotopic (exact) mass is 531 g/mol. The first-order valence-electron chi connectivity index (χ1n) is 9.72. The molecule has 2 aromatic carbocycles. The summed E-state index contributed by atoms with van der Waals surface area (Å²) in [5.74, 6) is 1.37. The van der Waals surface area contributed by atoms with E-state index in [1.54, 1.807) is 23.1 Å². The minimum absolute atomic E-state index is 0.685. The number of hydrogen-bond acceptors (Lipinski definition) is 7. The van der Waals surface area contributed by atoms with Gasteiger partial charge in [-0.3, -0.25) is 0 Å². The van der Waals surface area contributed by atoms with Gasteiger partial charge < -0.3 is 14.0 Å². The first-order valence-corrected chi connectivity index (χ1v) is 14.0. The Morgan fingerprint density at radius 2 is 1.74 bits per heavy atom. The van der Waals surface area contributed by atoms with Gasteiger partial charge in [0, 0.05) is 45.5 Å². The van der Waals surface area contributed by atoms with Crippen LogP contribution in [0.2, 0.25) is 10.0 Å². The van der Waals surface area contributed by atoms with Gasteiger partial charge in [-0.1, -0.05) is 46.3 Å². The standard InChI is InChI=1S/C21H20Cl2N2O2S4/c22-14-3-5-18-16(11-14)24(7-1-9-28-26)20(30-18)13-21-25(8-2-10-29-27)17-12-15(23)4-6-19(17)31-21/h3-6,11-13H,1-2,7-10H2,(H-,26,27)/p+1. The molecule has 1 aliphatic rings. The van der Waals surface area contributed by atoms with Crippen molar-refractivity contribution in [1.82, 2.24) is 0 Å². The third-order valence-corrected chi connectivity index (χ3v) is 8.50. The van der Waals surface area contributed by atoms with Crippen molar-refractivity contribution < 1.29 is 13.7 Å². The first kappa shape index (κ1) is 23.6. The zero-order chi connectivity index (χ0) is 21.8. The fourth-order valence-corrected chi connectivity index (χ4v) is 6.64. The summed E-state index contributed by atoms with van der Waals surface area (Å²) < 4.78 is 21.8. The minimum atomic E-state index is 0.685. The molecular formula is C21H21Cl2N2O2S4+. The quantitative estimate of drug-likeness (QED) is 0.168. The van der Waals surface area contributed by atoms with Crippen molar-refractivity contribution in [1.29, 1.82) is 0 Å². The maximum absolute atomic E-state index is 9.15. The average Bonchev–Trinajstić information content (AvgIpc) is 3.26. The Labute approximate surface area is 208 Å². The van der Waals surface area contributed by atoms with Gasteiger partial charge in [-0.25, -0.2) is 0 Å². The van der Waals surface area contributed by atoms with E-state index in [0.29, 0.717) is 11.5 Å². The van der Waals surface area contributed by atoms with Crippen LogP contribution in [0.25, 0.3) is 16.3 Å². The first-order chi connectivity index (χ1) is 15.1. The summed E-state index contributed by atoms with van der Waals surface area (Å²) in [7, 11) is 0. The lowest BCUT2D eigenvalue weighted by molar-refractivity contribution is -0.668. The van der Waals surface area contributed by atoms with Gasteiger partial charge in [0.2, 0.25) is 5.52 Å². The molecule has 4 nitrogen and oxygen atoms in total. The smallest absolute Gasteiger partial charge is 0.265 e. The van der Waals surface area contributed by atoms with E-state index in [-0.39, 0.29) is 0 Å². The van der Waals surface area contributed by atoms with Crippen molar-refractivity contribution in [2.45, 2.75) is 24.3 Å². The van der Waals surface area contributed by atoms with Gasteiger partial charge >= 0.3 is 0 Å². The van der Waals surface area contributed by atoms with Crippen molar-refractivity contribution in [3.05, 3.63) is 56.5 Å². The van der Waals surface area contributed by atoms with Gasteiger partial charge in [-0.05, 0) is 60.8 Å². The van der Waals surface area contributed by atoms with Crippen molar-refractivity contribution in [3.63, 3.8) is 0 Å². The molecule has 164 valence electrons. The Kier molecular flexibility index (Phi) is 8.39. The van der Waals surface area contributed by atoms with E-state index < -0.39 is 0 Å². The number of rotatable bonds is 9. The van der Waals surface area contributed by atoms with E-state index in [2.05, 4.69) is 27.7 Å². The number of hydrogen-bond donors (Lipinski definition) is 2. The van der Waals surface area contributed by atoms with Crippen molar-refractivity contribution in [2.24, 2.45) is 0 Å². The van der Waals surface area contributed by atoms with Crippen LogP contribution in [0, 0.1) is 0 Å². The van der Waals surface area contributed by atoms with Crippen LogP contribution in [0.1, 0.15) is 17.8 Å². The summed E-state index contributed by atoms with van der Waals surface area (Å²) >= 11 is 17.8. The Balaban J connectivity index is 1.74. The number of aromatic nitrogens is 1. The molecule has 4 rings (SSSR count). The molecule has 0 radical (unpaired) electrons. The summed E-state index contributed by atoms with van der Waals surface area (Å²) in [4.78, 5) is 3.47. The number of benzene rings is 2. The number of fused-ring (bicyclic) bond motifs is 2. The molecule has 0 atom stereocenters. The predicted molar refractivity (Wildman–Crippen MR) is 139 cm³/mol. The molecule has 2 heterocycles. The van der Waals surface area contributed by atoms with E-state index in [9.17, 15) is 0 Å². The molecule has 0 fully saturated rings. The molecule has 0 saturated carbocycles. The number of halogens is 2. The molecule has 0 bridgehead atoms. The second kappa shape index (κ2) is 11.0. The highest BCUT2D eigenvalue weighted by Gasteiger charge is 2.28. The zero-order valence-electron chi connectivity index (χ0n) is 16.5. The third-order valence-electron chi connectivity index (χ3n) is 4.87. The van der Waals surface area contributed by atoms with Gasteiger partial charge in [0.05, 0.1) is 16.8 Å². The molecule has 0 aliphatic carbocycles. The van der Waals surface area contributed by atoms with E-state index >= 15 is 0 Å². The summed E-state index contributed by atoms with van der Waals surface area (Å²) in [6.45, 7) is 1.61. The maximum atomic E-state index is 9.15. The van der Waals surface area contributed by atoms with Crippen LogP contribution in [0.5, 0.6) is 0 Å². The van der Waals surface area contributed by atoms with E-state index in [1.165, 1.54) is 9.60 Å². The third kappa shape index (κ3) is 5.50. The topological polar surface area (TPSA) is 47.6 Å². The number of nitrogens with zero attached hydrogens (tertiary/aromatic N) is 2. The molecule has 1 aliphatic heterocycles. The van der Waals surface area contributed by atoms with Gasteiger partial charge in [0.15, 0.2) is 6.54 Å². The second-order valence-electron chi connectivity index (χ2n) is 6.93. The highest BCUT2D eigenvalue weighted by atomic mass is 35.5. The molecule has 0 spiro atoms. The number of anilines is 1. The Morgan fingerprint density at radius 3 is 2.55 bits per heavy atom. The van der Waals surface area contributed by atoms with Crippen molar-refractivity contribution in [2.75, 3.05) is 23.0 Å². The van der Waals surface area contributed by atoms with Gasteiger partial charge in [0.25, 0.3) is 5.01 Å². The second-order valence-corrected chi connectivity index (χ2v) is 11.3. The molecule has 3 aromatic rings. The number of aryl methyl sites for hydroxylation is 1. The van der Waals surface area contributed by atoms with Crippen LogP contribution in [-0.4, -0.2) is 27.2 Å². The summed E-state index contributed by atoms with van der Waals surface area (Å²) in [6.07, 6.45) is 3.96. The Bertz CT molecular complexity index is 1110. The number of thioether (sulfide) groups is 1. The van der Waals surface area contributed by atoms with E-state index in [1.807, 2.05) is 24.3 Å². The van der Waals surface area contributed by atoms with E-state index in [0.717, 1.165) is 81.3 Å². The fraction of sp³-hybridized carbons (Fsp3) is 0.286. The highest BCUT2D eigenvalue weighted by Crippen LogP contribution is 2.48. The van der Waals surface area contributed by atoms with Gasteiger partial charge in [-0.2, -0.15) is 4.57 Å². The normalized spacial score (nSPS) is 14.7.